The lowest BCUT2D eigenvalue weighted by molar-refractivity contribution is -0.146. The van der Waals surface area contributed by atoms with Crippen LogP contribution >= 0.6 is 0 Å². The van der Waals surface area contributed by atoms with E-state index in [2.05, 4.69) is 6.92 Å². The molecule has 0 saturated heterocycles. The Morgan fingerprint density at radius 1 is 1.25 bits per heavy atom. The van der Waals surface area contributed by atoms with Gasteiger partial charge in [0.1, 0.15) is 0 Å². The summed E-state index contributed by atoms with van der Waals surface area (Å²) in [6.45, 7) is 3.96. The number of hydrogen-bond acceptors (Lipinski definition) is 2. The van der Waals surface area contributed by atoms with Crippen LogP contribution in [0.1, 0.15) is 46.0 Å². The van der Waals surface area contributed by atoms with Crippen LogP contribution in [0.5, 0.6) is 0 Å². The van der Waals surface area contributed by atoms with E-state index in [4.69, 9.17) is 10.2 Å². The molecule has 4 heteroatoms. The molecule has 0 fully saturated rings. The van der Waals surface area contributed by atoms with Gasteiger partial charge in [0.25, 0.3) is 0 Å². The molecule has 0 amide bonds. The van der Waals surface area contributed by atoms with Crippen LogP contribution in [-0.2, 0) is 9.59 Å². The van der Waals surface area contributed by atoms with Crippen molar-refractivity contribution in [2.75, 3.05) is 0 Å². The molecule has 0 aromatic carbocycles. The number of rotatable bonds is 8. The van der Waals surface area contributed by atoms with E-state index >= 15 is 0 Å². The molecule has 2 N–H and O–H groups in total. The molecule has 0 rings (SSSR count). The van der Waals surface area contributed by atoms with Crippen LogP contribution in [0.2, 0.25) is 0 Å². The average molecular weight is 228 g/mol. The molecule has 0 aliphatic rings. The van der Waals surface area contributed by atoms with Crippen molar-refractivity contribution in [2.45, 2.75) is 46.0 Å². The van der Waals surface area contributed by atoms with Crippen LogP contribution in [0.3, 0.4) is 0 Å². The van der Waals surface area contributed by atoms with E-state index in [1.54, 1.807) is 6.08 Å². The highest BCUT2D eigenvalue weighted by Gasteiger charge is 2.18. The summed E-state index contributed by atoms with van der Waals surface area (Å²) in [7, 11) is 0. The Morgan fingerprint density at radius 3 is 2.31 bits per heavy atom. The lowest BCUT2D eigenvalue weighted by Crippen LogP contribution is -2.16. The van der Waals surface area contributed by atoms with E-state index < -0.39 is 17.9 Å². The molecule has 0 aliphatic heterocycles. The van der Waals surface area contributed by atoms with Gasteiger partial charge < -0.3 is 10.2 Å². The highest BCUT2D eigenvalue weighted by molar-refractivity contribution is 5.79. The Kier molecular flexibility index (Phi) is 7.25. The standard InChI is InChI=1S/C12H20O4/c1-3-4-5-6-9(2)7-10(12(15)16)8-11(13)14/h7,10H,3-6,8H2,1-2H3,(H,13,14)(H,15,16). The fourth-order valence-corrected chi connectivity index (χ4v) is 1.49. The Hall–Kier alpha value is -1.32. The molecule has 0 bridgehead atoms. The van der Waals surface area contributed by atoms with Crippen LogP contribution in [0.15, 0.2) is 11.6 Å². The van der Waals surface area contributed by atoms with Crippen LogP contribution in [0.4, 0.5) is 0 Å². The van der Waals surface area contributed by atoms with Gasteiger partial charge in [0.15, 0.2) is 0 Å². The van der Waals surface area contributed by atoms with Gasteiger partial charge in [-0.15, -0.1) is 0 Å². The normalized spacial score (nSPS) is 13.5. The molecule has 0 radical (unpaired) electrons. The van der Waals surface area contributed by atoms with Gasteiger partial charge >= 0.3 is 11.9 Å². The van der Waals surface area contributed by atoms with E-state index in [9.17, 15) is 9.59 Å². The van der Waals surface area contributed by atoms with Crippen molar-refractivity contribution >= 4 is 11.9 Å². The largest absolute Gasteiger partial charge is 0.481 e. The number of hydrogen-bond donors (Lipinski definition) is 2. The summed E-state index contributed by atoms with van der Waals surface area (Å²) in [4.78, 5) is 21.3. The van der Waals surface area contributed by atoms with E-state index in [-0.39, 0.29) is 6.42 Å². The monoisotopic (exact) mass is 228 g/mol. The minimum atomic E-state index is -1.08. The molecule has 92 valence electrons. The molecule has 0 spiro atoms. The molecule has 16 heavy (non-hydrogen) atoms. The fraction of sp³-hybridized carbons (Fsp3) is 0.667. The minimum absolute atomic E-state index is 0.347. The Bertz CT molecular complexity index is 268. The van der Waals surface area contributed by atoms with Gasteiger partial charge in [-0.25, -0.2) is 0 Å². The number of carbonyl (C=O) groups is 2. The zero-order valence-electron chi connectivity index (χ0n) is 9.90. The van der Waals surface area contributed by atoms with Gasteiger partial charge in [-0.2, -0.15) is 0 Å². The minimum Gasteiger partial charge on any atom is -0.481 e. The second-order valence-electron chi connectivity index (χ2n) is 4.01. The number of carboxylic acids is 2. The third kappa shape index (κ3) is 7.04. The molecule has 0 aromatic rings. The summed E-state index contributed by atoms with van der Waals surface area (Å²) >= 11 is 0. The Labute approximate surface area is 96.0 Å². The molecular weight excluding hydrogens is 208 g/mol. The topological polar surface area (TPSA) is 74.6 Å². The van der Waals surface area contributed by atoms with Crippen molar-refractivity contribution in [1.29, 1.82) is 0 Å². The van der Waals surface area contributed by atoms with Crippen LogP contribution in [0.25, 0.3) is 0 Å². The Morgan fingerprint density at radius 2 is 1.88 bits per heavy atom. The molecule has 0 aliphatic carbocycles. The number of carboxylic acid groups (broad SMARTS) is 2. The molecule has 1 unspecified atom stereocenters. The molecule has 1 atom stereocenters. The zero-order valence-corrected chi connectivity index (χ0v) is 9.90. The fourth-order valence-electron chi connectivity index (χ4n) is 1.49. The van der Waals surface area contributed by atoms with Gasteiger partial charge in [0.2, 0.25) is 0 Å². The lowest BCUT2D eigenvalue weighted by Gasteiger charge is -2.07. The van der Waals surface area contributed by atoms with Crippen molar-refractivity contribution in [2.24, 2.45) is 5.92 Å². The van der Waals surface area contributed by atoms with Crippen LogP contribution in [-0.4, -0.2) is 22.2 Å². The third-order valence-electron chi connectivity index (χ3n) is 2.37. The van der Waals surface area contributed by atoms with Gasteiger partial charge in [0, 0.05) is 0 Å². The number of aliphatic carboxylic acids is 2. The van der Waals surface area contributed by atoms with E-state index in [0.717, 1.165) is 31.3 Å². The van der Waals surface area contributed by atoms with Gasteiger partial charge in [-0.1, -0.05) is 31.4 Å². The number of unbranched alkanes of at least 4 members (excludes halogenated alkanes) is 2. The predicted molar refractivity (Wildman–Crippen MR) is 61.3 cm³/mol. The maximum absolute atomic E-state index is 10.8. The zero-order chi connectivity index (χ0) is 12.6. The predicted octanol–water partition coefficient (Wildman–Crippen LogP) is 2.69. The SMILES string of the molecule is CCCCCC(C)=CC(CC(=O)O)C(=O)O. The summed E-state index contributed by atoms with van der Waals surface area (Å²) in [6, 6.07) is 0. The molecule has 4 nitrogen and oxygen atoms in total. The van der Waals surface area contributed by atoms with Crippen molar-refractivity contribution in [3.63, 3.8) is 0 Å². The van der Waals surface area contributed by atoms with Gasteiger partial charge in [-0.05, 0) is 19.8 Å². The summed E-state index contributed by atoms with van der Waals surface area (Å²) in [6.07, 6.45) is 5.31. The smallest absolute Gasteiger partial charge is 0.310 e. The van der Waals surface area contributed by atoms with E-state index in [1.165, 1.54) is 0 Å². The van der Waals surface area contributed by atoms with Crippen molar-refractivity contribution < 1.29 is 19.8 Å². The third-order valence-corrected chi connectivity index (χ3v) is 2.37. The second kappa shape index (κ2) is 7.91. The molecule has 0 aromatic heterocycles. The molecule has 0 heterocycles. The maximum atomic E-state index is 10.8. The van der Waals surface area contributed by atoms with Crippen molar-refractivity contribution in [1.82, 2.24) is 0 Å². The van der Waals surface area contributed by atoms with Crippen molar-refractivity contribution in [3.05, 3.63) is 11.6 Å². The van der Waals surface area contributed by atoms with Crippen molar-refractivity contribution in [3.8, 4) is 0 Å². The van der Waals surface area contributed by atoms with Crippen LogP contribution < -0.4 is 0 Å². The highest BCUT2D eigenvalue weighted by Crippen LogP contribution is 2.14. The first-order valence-corrected chi connectivity index (χ1v) is 5.59. The first-order chi connectivity index (χ1) is 7.47. The van der Waals surface area contributed by atoms with E-state index in [0.29, 0.717) is 0 Å². The molecule has 0 saturated carbocycles. The second-order valence-corrected chi connectivity index (χ2v) is 4.01. The Balaban J connectivity index is 4.28. The highest BCUT2D eigenvalue weighted by atomic mass is 16.4. The lowest BCUT2D eigenvalue weighted by atomic mass is 10.00. The summed E-state index contributed by atoms with van der Waals surface area (Å²) in [5, 5.41) is 17.4. The molecular formula is C12H20O4. The van der Waals surface area contributed by atoms with Gasteiger partial charge in [-0.3, -0.25) is 9.59 Å². The average Bonchev–Trinajstić information content (AvgIpc) is 2.16. The first-order valence-electron chi connectivity index (χ1n) is 5.59. The van der Waals surface area contributed by atoms with E-state index in [1.807, 2.05) is 6.92 Å². The summed E-state index contributed by atoms with van der Waals surface area (Å²) in [5.41, 5.74) is 0.960. The quantitative estimate of drug-likeness (QED) is 0.494. The summed E-state index contributed by atoms with van der Waals surface area (Å²) in [5.74, 6) is -3.05. The summed E-state index contributed by atoms with van der Waals surface area (Å²) < 4.78 is 0. The number of allylic oxidation sites excluding steroid dienone is 1. The van der Waals surface area contributed by atoms with Gasteiger partial charge in [0.05, 0.1) is 12.3 Å². The van der Waals surface area contributed by atoms with Crippen LogP contribution in [0, 0.1) is 5.92 Å². The maximum Gasteiger partial charge on any atom is 0.310 e. The first kappa shape index (κ1) is 14.7.